The third-order valence-corrected chi connectivity index (χ3v) is 3.20. The minimum Gasteiger partial charge on any atom is -0.490 e. The zero-order chi connectivity index (χ0) is 16.7. The first kappa shape index (κ1) is 16.9. The molecule has 1 N–H and O–H groups in total. The lowest BCUT2D eigenvalue weighted by Crippen LogP contribution is -2.30. The topological polar surface area (TPSA) is 47.6 Å². The number of carbonyl (C=O) groups excluding carboxylic acids is 1. The van der Waals surface area contributed by atoms with E-state index < -0.39 is 6.10 Å². The molecule has 0 aliphatic heterocycles. The van der Waals surface area contributed by atoms with E-state index in [1.807, 2.05) is 0 Å². The molecular weight excluding hydrogens is 314 g/mol. The maximum atomic E-state index is 12.1. The average molecular weight is 332 g/mol. The van der Waals surface area contributed by atoms with Crippen molar-refractivity contribution < 1.29 is 14.3 Å². The number of amides is 1. The van der Waals surface area contributed by atoms with Crippen LogP contribution in [-0.4, -0.2) is 18.6 Å². The molecular formula is C18H18ClNO3. The van der Waals surface area contributed by atoms with Crippen molar-refractivity contribution in [1.82, 2.24) is 0 Å². The Morgan fingerprint density at radius 1 is 1.26 bits per heavy atom. The number of carbonyl (C=O) groups is 1. The number of anilines is 1. The molecule has 5 heteroatoms. The summed E-state index contributed by atoms with van der Waals surface area (Å²) in [6.45, 7) is 5.71. The van der Waals surface area contributed by atoms with Gasteiger partial charge in [-0.15, -0.1) is 0 Å². The van der Waals surface area contributed by atoms with Crippen molar-refractivity contribution in [3.8, 4) is 11.5 Å². The standard InChI is InChI=1S/C18H18ClNO3/c1-3-11-22-16-9-7-15(8-10-16)20-18(21)13(2)23-17-6-4-5-14(19)12-17/h3-10,12-13H,1,11H2,2H3,(H,20,21)/t13-/m0/s1. The number of benzene rings is 2. The van der Waals surface area contributed by atoms with Gasteiger partial charge < -0.3 is 14.8 Å². The van der Waals surface area contributed by atoms with Gasteiger partial charge in [-0.05, 0) is 49.4 Å². The van der Waals surface area contributed by atoms with Crippen LogP contribution in [0.2, 0.25) is 5.02 Å². The van der Waals surface area contributed by atoms with Gasteiger partial charge in [0, 0.05) is 10.7 Å². The van der Waals surface area contributed by atoms with Gasteiger partial charge in [0.2, 0.25) is 0 Å². The summed E-state index contributed by atoms with van der Waals surface area (Å²) in [7, 11) is 0. The van der Waals surface area contributed by atoms with E-state index in [1.54, 1.807) is 61.5 Å². The van der Waals surface area contributed by atoms with Gasteiger partial charge in [-0.3, -0.25) is 4.79 Å². The van der Waals surface area contributed by atoms with Crippen molar-refractivity contribution in [2.24, 2.45) is 0 Å². The molecule has 0 saturated heterocycles. The van der Waals surface area contributed by atoms with Crippen molar-refractivity contribution in [1.29, 1.82) is 0 Å². The lowest BCUT2D eigenvalue weighted by Gasteiger charge is -2.15. The lowest BCUT2D eigenvalue weighted by molar-refractivity contribution is -0.122. The van der Waals surface area contributed by atoms with Gasteiger partial charge in [-0.1, -0.05) is 30.3 Å². The fourth-order valence-electron chi connectivity index (χ4n) is 1.83. The van der Waals surface area contributed by atoms with Crippen molar-refractivity contribution >= 4 is 23.2 Å². The van der Waals surface area contributed by atoms with E-state index in [0.717, 1.165) is 0 Å². The molecule has 0 aliphatic carbocycles. The number of halogens is 1. The Morgan fingerprint density at radius 2 is 2.00 bits per heavy atom. The zero-order valence-electron chi connectivity index (χ0n) is 12.8. The summed E-state index contributed by atoms with van der Waals surface area (Å²) in [6.07, 6.45) is 1.02. The highest BCUT2D eigenvalue weighted by molar-refractivity contribution is 6.30. The summed E-state index contributed by atoms with van der Waals surface area (Å²) >= 11 is 5.89. The first-order valence-corrected chi connectivity index (χ1v) is 7.53. The highest BCUT2D eigenvalue weighted by Gasteiger charge is 2.15. The first-order chi connectivity index (χ1) is 11.1. The molecule has 1 amide bonds. The van der Waals surface area contributed by atoms with Crippen LogP contribution in [-0.2, 0) is 4.79 Å². The Hall–Kier alpha value is -2.46. The molecule has 0 aromatic heterocycles. The summed E-state index contributed by atoms with van der Waals surface area (Å²) in [5.74, 6) is 1.02. The molecule has 1 atom stereocenters. The van der Waals surface area contributed by atoms with E-state index in [1.165, 1.54) is 0 Å². The van der Waals surface area contributed by atoms with Gasteiger partial charge in [0.1, 0.15) is 18.1 Å². The second-order valence-corrected chi connectivity index (χ2v) is 5.27. The van der Waals surface area contributed by atoms with Crippen LogP contribution in [0.3, 0.4) is 0 Å². The Labute approximate surface area is 140 Å². The predicted molar refractivity (Wildman–Crippen MR) is 92.3 cm³/mol. The maximum Gasteiger partial charge on any atom is 0.265 e. The number of nitrogens with one attached hydrogen (secondary N) is 1. The van der Waals surface area contributed by atoms with Gasteiger partial charge in [0.25, 0.3) is 5.91 Å². The molecule has 0 spiro atoms. The van der Waals surface area contributed by atoms with Crippen LogP contribution < -0.4 is 14.8 Å². The molecule has 120 valence electrons. The van der Waals surface area contributed by atoms with Crippen LogP contribution in [0, 0.1) is 0 Å². The lowest BCUT2D eigenvalue weighted by atomic mass is 10.2. The Bertz CT molecular complexity index is 670. The molecule has 23 heavy (non-hydrogen) atoms. The Kier molecular flexibility index (Phi) is 6.06. The largest absolute Gasteiger partial charge is 0.490 e. The highest BCUT2D eigenvalue weighted by atomic mass is 35.5. The molecule has 0 radical (unpaired) electrons. The third kappa shape index (κ3) is 5.34. The van der Waals surface area contributed by atoms with Crippen molar-refractivity contribution in [3.05, 3.63) is 66.2 Å². The fourth-order valence-corrected chi connectivity index (χ4v) is 2.01. The molecule has 2 aromatic rings. The molecule has 2 rings (SSSR count). The molecule has 0 aliphatic rings. The summed E-state index contributed by atoms with van der Waals surface area (Å²) in [5.41, 5.74) is 0.669. The molecule has 0 saturated carbocycles. The Balaban J connectivity index is 1.91. The van der Waals surface area contributed by atoms with Gasteiger partial charge in [-0.25, -0.2) is 0 Å². The smallest absolute Gasteiger partial charge is 0.265 e. The van der Waals surface area contributed by atoms with E-state index in [0.29, 0.717) is 28.8 Å². The maximum absolute atomic E-state index is 12.1. The number of hydrogen-bond donors (Lipinski definition) is 1. The van der Waals surface area contributed by atoms with E-state index in [9.17, 15) is 4.79 Å². The SMILES string of the molecule is C=CCOc1ccc(NC(=O)[C@H](C)Oc2cccc(Cl)c2)cc1. The van der Waals surface area contributed by atoms with E-state index in [2.05, 4.69) is 11.9 Å². The van der Waals surface area contributed by atoms with Crippen LogP contribution in [0.1, 0.15) is 6.92 Å². The first-order valence-electron chi connectivity index (χ1n) is 7.15. The quantitative estimate of drug-likeness (QED) is 0.769. The number of rotatable bonds is 7. The van der Waals surface area contributed by atoms with Crippen LogP contribution in [0.25, 0.3) is 0 Å². The third-order valence-electron chi connectivity index (χ3n) is 2.97. The Morgan fingerprint density at radius 3 is 2.65 bits per heavy atom. The second kappa shape index (κ2) is 8.25. The predicted octanol–water partition coefficient (Wildman–Crippen LogP) is 4.31. The van der Waals surface area contributed by atoms with Gasteiger partial charge >= 0.3 is 0 Å². The van der Waals surface area contributed by atoms with Gasteiger partial charge in [0.05, 0.1) is 0 Å². The highest BCUT2D eigenvalue weighted by Crippen LogP contribution is 2.19. The summed E-state index contributed by atoms with van der Waals surface area (Å²) < 4.78 is 11.0. The van der Waals surface area contributed by atoms with Gasteiger partial charge in [-0.2, -0.15) is 0 Å². The molecule has 0 fully saturated rings. The van der Waals surface area contributed by atoms with Crippen molar-refractivity contribution in [3.63, 3.8) is 0 Å². The van der Waals surface area contributed by atoms with Crippen molar-refractivity contribution in [2.75, 3.05) is 11.9 Å². The van der Waals surface area contributed by atoms with Crippen LogP contribution in [0.5, 0.6) is 11.5 Å². The minimum absolute atomic E-state index is 0.246. The second-order valence-electron chi connectivity index (χ2n) is 4.83. The van der Waals surface area contributed by atoms with Crippen LogP contribution >= 0.6 is 11.6 Å². The van der Waals surface area contributed by atoms with Crippen LogP contribution in [0.15, 0.2) is 61.2 Å². The summed E-state index contributed by atoms with van der Waals surface area (Å²) in [5, 5.41) is 3.35. The van der Waals surface area contributed by atoms with E-state index in [4.69, 9.17) is 21.1 Å². The molecule has 4 nitrogen and oxygen atoms in total. The molecule has 0 heterocycles. The molecule has 0 bridgehead atoms. The number of ether oxygens (including phenoxy) is 2. The summed E-state index contributed by atoms with van der Waals surface area (Å²) in [6, 6.07) is 14.0. The van der Waals surface area contributed by atoms with Crippen molar-refractivity contribution in [2.45, 2.75) is 13.0 Å². The zero-order valence-corrected chi connectivity index (χ0v) is 13.5. The monoisotopic (exact) mass is 331 g/mol. The molecule has 0 unspecified atom stereocenters. The molecule has 2 aromatic carbocycles. The minimum atomic E-state index is -0.648. The average Bonchev–Trinajstić information content (AvgIpc) is 2.54. The number of hydrogen-bond acceptors (Lipinski definition) is 3. The van der Waals surface area contributed by atoms with E-state index in [-0.39, 0.29) is 5.91 Å². The van der Waals surface area contributed by atoms with Gasteiger partial charge in [0.15, 0.2) is 6.10 Å². The van der Waals surface area contributed by atoms with E-state index >= 15 is 0 Å². The van der Waals surface area contributed by atoms with Crippen LogP contribution in [0.4, 0.5) is 5.69 Å². The summed E-state index contributed by atoms with van der Waals surface area (Å²) in [4.78, 5) is 12.1. The normalized spacial score (nSPS) is 11.4. The fraction of sp³-hybridized carbons (Fsp3) is 0.167.